The summed E-state index contributed by atoms with van der Waals surface area (Å²) in [6.45, 7) is 1.52. The van der Waals surface area contributed by atoms with E-state index in [0.29, 0.717) is 0 Å². The molecule has 4 rings (SSSR count). The molecule has 0 saturated heterocycles. The first kappa shape index (κ1) is 21.2. The number of alkyl halides is 3. The van der Waals surface area contributed by atoms with Gasteiger partial charge in [0.2, 0.25) is 0 Å². The predicted octanol–water partition coefficient (Wildman–Crippen LogP) is 4.70. The van der Waals surface area contributed by atoms with Crippen molar-refractivity contribution in [3.63, 3.8) is 0 Å². The standard InChI is InChI=1S/C18H11Cl2F4N5O2/c1-8(14-10(19)2-3-11(21)15(14)20)31-29-13-5-4-12(26-16(13)27-17(29)30)9-6-25-28(7-9)18(22,23)24/h2-8H,1H3,(H,26,27,30). The Labute approximate surface area is 180 Å². The molecule has 1 unspecified atom stereocenters. The minimum absolute atomic E-state index is 0.0610. The van der Waals surface area contributed by atoms with Crippen LogP contribution in [0.1, 0.15) is 18.6 Å². The van der Waals surface area contributed by atoms with E-state index in [2.05, 4.69) is 15.1 Å². The lowest BCUT2D eigenvalue weighted by molar-refractivity contribution is -0.212. The van der Waals surface area contributed by atoms with Crippen molar-refractivity contribution in [2.24, 2.45) is 0 Å². The van der Waals surface area contributed by atoms with Crippen LogP contribution in [0.25, 0.3) is 22.4 Å². The first-order chi connectivity index (χ1) is 14.6. The van der Waals surface area contributed by atoms with Gasteiger partial charge in [-0.1, -0.05) is 23.2 Å². The lowest BCUT2D eigenvalue weighted by atomic mass is 10.1. The van der Waals surface area contributed by atoms with Crippen LogP contribution in [0.2, 0.25) is 10.0 Å². The van der Waals surface area contributed by atoms with Crippen molar-refractivity contribution in [2.75, 3.05) is 0 Å². The molecule has 3 heterocycles. The first-order valence-electron chi connectivity index (χ1n) is 8.61. The number of fused-ring (bicyclic) bond motifs is 1. The monoisotopic (exact) mass is 475 g/mol. The molecule has 3 aromatic heterocycles. The number of nitrogens with zero attached hydrogens (tertiary/aromatic N) is 4. The van der Waals surface area contributed by atoms with E-state index < -0.39 is 23.9 Å². The average molecular weight is 476 g/mol. The zero-order chi connectivity index (χ0) is 22.5. The lowest BCUT2D eigenvalue weighted by Gasteiger charge is -2.17. The second-order valence-electron chi connectivity index (χ2n) is 6.43. The van der Waals surface area contributed by atoms with E-state index in [4.69, 9.17) is 28.0 Å². The number of hydrogen-bond acceptors (Lipinski definition) is 4. The molecule has 1 atom stereocenters. The molecule has 0 fully saturated rings. The van der Waals surface area contributed by atoms with Crippen LogP contribution in [0, 0.1) is 5.82 Å². The van der Waals surface area contributed by atoms with E-state index in [1.54, 1.807) is 0 Å². The van der Waals surface area contributed by atoms with Gasteiger partial charge in [-0.25, -0.2) is 14.2 Å². The van der Waals surface area contributed by atoms with Gasteiger partial charge < -0.3 is 4.84 Å². The molecule has 7 nitrogen and oxygen atoms in total. The summed E-state index contributed by atoms with van der Waals surface area (Å²) in [4.78, 5) is 24.6. The maximum atomic E-state index is 13.8. The molecule has 0 radical (unpaired) electrons. The zero-order valence-electron chi connectivity index (χ0n) is 15.4. The molecule has 0 spiro atoms. The average Bonchev–Trinajstić information content (AvgIpc) is 3.30. The third kappa shape index (κ3) is 3.86. The number of aromatic amines is 1. The van der Waals surface area contributed by atoms with E-state index in [1.807, 2.05) is 0 Å². The molecule has 13 heteroatoms. The first-order valence-corrected chi connectivity index (χ1v) is 9.36. The summed E-state index contributed by atoms with van der Waals surface area (Å²) in [5.74, 6) is -0.700. The molecule has 0 amide bonds. The number of imidazole rings is 1. The Balaban J connectivity index is 1.69. The predicted molar refractivity (Wildman–Crippen MR) is 104 cm³/mol. The van der Waals surface area contributed by atoms with Gasteiger partial charge >= 0.3 is 12.0 Å². The van der Waals surface area contributed by atoms with Crippen LogP contribution < -0.4 is 10.5 Å². The number of benzene rings is 1. The third-order valence-corrected chi connectivity index (χ3v) is 5.10. The minimum atomic E-state index is -4.66. The zero-order valence-corrected chi connectivity index (χ0v) is 16.9. The molecule has 162 valence electrons. The largest absolute Gasteiger partial charge is 0.504 e. The smallest absolute Gasteiger partial charge is 0.401 e. The summed E-state index contributed by atoms with van der Waals surface area (Å²) in [5, 5.41) is 3.16. The fourth-order valence-electron chi connectivity index (χ4n) is 2.95. The molecule has 1 aromatic carbocycles. The fraction of sp³-hybridized carbons (Fsp3) is 0.167. The number of H-pyrrole nitrogens is 1. The number of aromatic nitrogens is 5. The Kier molecular flexibility index (Phi) is 5.18. The van der Waals surface area contributed by atoms with Gasteiger partial charge in [0.05, 0.1) is 16.9 Å². The third-order valence-electron chi connectivity index (χ3n) is 4.39. The number of nitrogens with one attached hydrogen (secondary N) is 1. The fourth-order valence-corrected chi connectivity index (χ4v) is 3.63. The second-order valence-corrected chi connectivity index (χ2v) is 7.22. The van der Waals surface area contributed by atoms with Crippen LogP contribution in [0.3, 0.4) is 0 Å². The van der Waals surface area contributed by atoms with Crippen molar-refractivity contribution in [1.82, 2.24) is 24.5 Å². The van der Waals surface area contributed by atoms with E-state index >= 15 is 0 Å². The van der Waals surface area contributed by atoms with Gasteiger partial charge in [0.15, 0.2) is 11.8 Å². The molecule has 0 aliphatic heterocycles. The number of pyridine rings is 1. The quantitative estimate of drug-likeness (QED) is 0.342. The van der Waals surface area contributed by atoms with E-state index in [-0.39, 0.29) is 42.7 Å². The molecule has 1 N–H and O–H groups in total. The van der Waals surface area contributed by atoms with Crippen LogP contribution in [-0.2, 0) is 6.30 Å². The van der Waals surface area contributed by atoms with Gasteiger partial charge in [-0.3, -0.25) is 4.98 Å². The molecule has 0 bridgehead atoms. The molecule has 0 aliphatic rings. The lowest BCUT2D eigenvalue weighted by Crippen LogP contribution is -2.26. The molecule has 31 heavy (non-hydrogen) atoms. The summed E-state index contributed by atoms with van der Waals surface area (Å²) in [6.07, 6.45) is -3.81. The normalized spacial score (nSPS) is 13.0. The maximum Gasteiger partial charge on any atom is 0.504 e. The molecular formula is C18H11Cl2F4N5O2. The highest BCUT2D eigenvalue weighted by molar-refractivity contribution is 6.36. The summed E-state index contributed by atoms with van der Waals surface area (Å²) in [5.41, 5.74) is -0.0469. The summed E-state index contributed by atoms with van der Waals surface area (Å²) in [6, 6.07) is 5.25. The van der Waals surface area contributed by atoms with Crippen LogP contribution in [0.5, 0.6) is 0 Å². The van der Waals surface area contributed by atoms with Crippen molar-refractivity contribution < 1.29 is 22.4 Å². The number of hydrogen-bond donors (Lipinski definition) is 1. The summed E-state index contributed by atoms with van der Waals surface area (Å²) >= 11 is 12.1. The van der Waals surface area contributed by atoms with Gasteiger partial charge in [-0.2, -0.15) is 9.78 Å². The van der Waals surface area contributed by atoms with Crippen LogP contribution >= 0.6 is 23.2 Å². The molecule has 0 aliphatic carbocycles. The van der Waals surface area contributed by atoms with Gasteiger partial charge in [-0.15, -0.1) is 17.9 Å². The van der Waals surface area contributed by atoms with Crippen molar-refractivity contribution in [2.45, 2.75) is 19.3 Å². The van der Waals surface area contributed by atoms with Crippen molar-refractivity contribution in [3.8, 4) is 11.3 Å². The summed E-state index contributed by atoms with van der Waals surface area (Å²) in [7, 11) is 0. The van der Waals surface area contributed by atoms with Crippen LogP contribution in [0.15, 0.2) is 41.5 Å². The van der Waals surface area contributed by atoms with Crippen molar-refractivity contribution in [1.29, 1.82) is 0 Å². The Morgan fingerprint density at radius 3 is 2.61 bits per heavy atom. The minimum Gasteiger partial charge on any atom is -0.401 e. The van der Waals surface area contributed by atoms with Gasteiger partial charge in [0.1, 0.15) is 11.3 Å². The molecule has 0 saturated carbocycles. The van der Waals surface area contributed by atoms with Crippen molar-refractivity contribution >= 4 is 34.4 Å². The Morgan fingerprint density at radius 1 is 1.19 bits per heavy atom. The van der Waals surface area contributed by atoms with Crippen LogP contribution in [-0.4, -0.2) is 24.5 Å². The number of halogens is 6. The van der Waals surface area contributed by atoms with Crippen molar-refractivity contribution in [3.05, 3.63) is 68.6 Å². The Bertz CT molecular complexity index is 1350. The highest BCUT2D eigenvalue weighted by Gasteiger charge is 2.31. The Hall–Kier alpha value is -3.05. The van der Waals surface area contributed by atoms with Crippen LogP contribution in [0.4, 0.5) is 17.6 Å². The Morgan fingerprint density at radius 2 is 1.94 bits per heavy atom. The van der Waals surface area contributed by atoms with E-state index in [1.165, 1.54) is 25.1 Å². The van der Waals surface area contributed by atoms with Gasteiger partial charge in [0.25, 0.3) is 0 Å². The summed E-state index contributed by atoms with van der Waals surface area (Å²) < 4.78 is 52.8. The van der Waals surface area contributed by atoms with Gasteiger partial charge in [-0.05, 0) is 31.2 Å². The van der Waals surface area contributed by atoms with E-state index in [9.17, 15) is 22.4 Å². The topological polar surface area (TPSA) is 77.7 Å². The number of rotatable bonds is 4. The molecule has 4 aromatic rings. The van der Waals surface area contributed by atoms with E-state index in [0.717, 1.165) is 23.2 Å². The van der Waals surface area contributed by atoms with Gasteiger partial charge in [0, 0.05) is 22.3 Å². The molecular weight excluding hydrogens is 465 g/mol. The SMILES string of the molecule is CC(On1c(=O)[nH]c2nc(-c3cnn(C(F)(F)F)c3)ccc21)c1c(Cl)ccc(F)c1Cl. The highest BCUT2D eigenvalue weighted by Crippen LogP contribution is 2.33. The highest BCUT2D eigenvalue weighted by atomic mass is 35.5. The second kappa shape index (κ2) is 7.57. The maximum absolute atomic E-state index is 13.8.